The summed E-state index contributed by atoms with van der Waals surface area (Å²) < 4.78 is 32.6. The molecule has 1 aliphatic heterocycles. The minimum Gasteiger partial charge on any atom is -0.468 e. The SMILES string of the molecule is O=C(CN1CCCc2ccccc21)NNC(=O)c1cccc(S(=O)(=O)NCc2ccco2)c1. The van der Waals surface area contributed by atoms with Crippen molar-refractivity contribution in [3.63, 3.8) is 0 Å². The molecular formula is C23H24N4O5S. The number of hydrazine groups is 1. The molecule has 0 bridgehead atoms. The molecule has 3 aromatic rings. The fourth-order valence-electron chi connectivity index (χ4n) is 3.65. The van der Waals surface area contributed by atoms with Crippen molar-refractivity contribution in [2.24, 2.45) is 0 Å². The molecule has 0 fully saturated rings. The molecule has 9 nitrogen and oxygen atoms in total. The normalized spacial score (nSPS) is 13.3. The summed E-state index contributed by atoms with van der Waals surface area (Å²) in [6.45, 7) is 0.840. The van der Waals surface area contributed by atoms with E-state index in [4.69, 9.17) is 4.42 Å². The summed E-state index contributed by atoms with van der Waals surface area (Å²) in [6.07, 6.45) is 3.37. The highest BCUT2D eigenvalue weighted by atomic mass is 32.2. The molecule has 4 rings (SSSR count). The van der Waals surface area contributed by atoms with Crippen molar-refractivity contribution in [2.45, 2.75) is 24.3 Å². The van der Waals surface area contributed by atoms with Crippen LogP contribution in [0.15, 0.2) is 76.2 Å². The smallest absolute Gasteiger partial charge is 0.269 e. The van der Waals surface area contributed by atoms with Gasteiger partial charge in [-0.15, -0.1) is 0 Å². The maximum Gasteiger partial charge on any atom is 0.269 e. The highest BCUT2D eigenvalue weighted by Gasteiger charge is 2.20. The number of para-hydroxylation sites is 1. The summed E-state index contributed by atoms with van der Waals surface area (Å²) in [7, 11) is -3.86. The first kappa shape index (κ1) is 22.6. The number of aryl methyl sites for hydroxylation is 1. The zero-order valence-electron chi connectivity index (χ0n) is 17.8. The minimum atomic E-state index is -3.86. The summed E-state index contributed by atoms with van der Waals surface area (Å²) in [6, 6.07) is 16.8. The average molecular weight is 469 g/mol. The maximum atomic E-state index is 12.5. The first-order valence-corrected chi connectivity index (χ1v) is 11.9. The number of sulfonamides is 1. The van der Waals surface area contributed by atoms with Gasteiger partial charge in [-0.05, 0) is 54.8 Å². The van der Waals surface area contributed by atoms with Crippen LogP contribution < -0.4 is 20.5 Å². The summed E-state index contributed by atoms with van der Waals surface area (Å²) in [4.78, 5) is 26.8. The third-order valence-corrected chi connectivity index (χ3v) is 6.68. The number of amides is 2. The third-order valence-electron chi connectivity index (χ3n) is 5.28. The number of hydrogen-bond acceptors (Lipinski definition) is 6. The Kier molecular flexibility index (Phi) is 6.76. The van der Waals surface area contributed by atoms with Gasteiger partial charge in [-0.25, -0.2) is 13.1 Å². The molecule has 10 heteroatoms. The molecule has 0 spiro atoms. The van der Waals surface area contributed by atoms with Crippen LogP contribution in [0.25, 0.3) is 0 Å². The van der Waals surface area contributed by atoms with Crippen LogP contribution in [0.5, 0.6) is 0 Å². The van der Waals surface area contributed by atoms with Gasteiger partial charge in [0.1, 0.15) is 5.76 Å². The summed E-state index contributed by atoms with van der Waals surface area (Å²) in [5, 5.41) is 0. The second kappa shape index (κ2) is 9.88. The Labute approximate surface area is 191 Å². The highest BCUT2D eigenvalue weighted by Crippen LogP contribution is 2.26. The second-order valence-corrected chi connectivity index (χ2v) is 9.35. The predicted octanol–water partition coefficient (Wildman–Crippen LogP) is 1.97. The quantitative estimate of drug-likeness (QED) is 0.456. The van der Waals surface area contributed by atoms with Crippen molar-refractivity contribution in [3.8, 4) is 0 Å². The number of carbonyl (C=O) groups is 2. The zero-order valence-corrected chi connectivity index (χ0v) is 18.6. The average Bonchev–Trinajstić information content (AvgIpc) is 3.36. The van der Waals surface area contributed by atoms with Crippen LogP contribution in [0, 0.1) is 0 Å². The number of furan rings is 1. The number of hydrogen-bond donors (Lipinski definition) is 3. The van der Waals surface area contributed by atoms with Crippen molar-refractivity contribution in [1.29, 1.82) is 0 Å². The molecule has 172 valence electrons. The van der Waals surface area contributed by atoms with E-state index in [0.717, 1.165) is 25.1 Å². The monoisotopic (exact) mass is 468 g/mol. The molecule has 1 aliphatic rings. The molecule has 0 unspecified atom stereocenters. The first-order chi connectivity index (χ1) is 15.9. The summed E-state index contributed by atoms with van der Waals surface area (Å²) in [5.41, 5.74) is 7.06. The van der Waals surface area contributed by atoms with E-state index >= 15 is 0 Å². The van der Waals surface area contributed by atoms with Crippen LogP contribution in [-0.2, 0) is 27.8 Å². The molecule has 2 amide bonds. The minimum absolute atomic E-state index is 0.0125. The maximum absolute atomic E-state index is 12.5. The Hall–Kier alpha value is -3.63. The lowest BCUT2D eigenvalue weighted by Gasteiger charge is -2.30. The van der Waals surface area contributed by atoms with E-state index in [-0.39, 0.29) is 29.5 Å². The molecule has 1 aromatic heterocycles. The molecule has 0 radical (unpaired) electrons. The van der Waals surface area contributed by atoms with Gasteiger partial charge < -0.3 is 9.32 Å². The van der Waals surface area contributed by atoms with Gasteiger partial charge in [-0.1, -0.05) is 24.3 Å². The Balaban J connectivity index is 1.34. The van der Waals surface area contributed by atoms with Crippen molar-refractivity contribution in [3.05, 3.63) is 83.8 Å². The van der Waals surface area contributed by atoms with E-state index in [1.807, 2.05) is 29.2 Å². The molecule has 33 heavy (non-hydrogen) atoms. The number of benzene rings is 2. The molecule has 3 N–H and O–H groups in total. The van der Waals surface area contributed by atoms with E-state index in [0.29, 0.717) is 5.76 Å². The Morgan fingerprint density at radius 3 is 2.67 bits per heavy atom. The van der Waals surface area contributed by atoms with Gasteiger partial charge in [-0.3, -0.25) is 20.4 Å². The molecular weight excluding hydrogens is 444 g/mol. The molecule has 0 saturated carbocycles. The third kappa shape index (κ3) is 5.60. The van der Waals surface area contributed by atoms with E-state index in [1.54, 1.807) is 12.1 Å². The number of fused-ring (bicyclic) bond motifs is 1. The van der Waals surface area contributed by atoms with E-state index < -0.39 is 15.9 Å². The standard InChI is InChI=1S/C23H24N4O5S/c28-22(16-27-12-4-8-17-6-1-2-11-21(17)27)25-26-23(29)18-7-3-10-20(14-18)33(30,31)24-15-19-9-5-13-32-19/h1-3,5-7,9-11,13-14,24H,4,8,12,15-16H2,(H,25,28)(H,26,29). The van der Waals surface area contributed by atoms with Gasteiger partial charge in [0.25, 0.3) is 11.8 Å². The van der Waals surface area contributed by atoms with E-state index in [1.165, 1.54) is 36.1 Å². The van der Waals surface area contributed by atoms with E-state index in [2.05, 4.69) is 15.6 Å². The lowest BCUT2D eigenvalue weighted by Crippen LogP contribution is -2.47. The van der Waals surface area contributed by atoms with Crippen LogP contribution >= 0.6 is 0 Å². The molecule has 2 heterocycles. The number of anilines is 1. The van der Waals surface area contributed by atoms with Gasteiger partial charge in [0.05, 0.1) is 24.2 Å². The van der Waals surface area contributed by atoms with Gasteiger partial charge in [0, 0.05) is 17.8 Å². The summed E-state index contributed by atoms with van der Waals surface area (Å²) >= 11 is 0. The van der Waals surface area contributed by atoms with Crippen molar-refractivity contribution >= 4 is 27.5 Å². The lowest BCUT2D eigenvalue weighted by molar-refractivity contribution is -0.120. The van der Waals surface area contributed by atoms with E-state index in [9.17, 15) is 18.0 Å². The van der Waals surface area contributed by atoms with Gasteiger partial charge in [0.15, 0.2) is 0 Å². The number of nitrogens with zero attached hydrogens (tertiary/aromatic N) is 1. The molecule has 0 aliphatic carbocycles. The summed E-state index contributed by atoms with van der Waals surface area (Å²) in [5.74, 6) is -0.527. The van der Waals surface area contributed by atoms with Crippen LogP contribution in [0.4, 0.5) is 5.69 Å². The van der Waals surface area contributed by atoms with Gasteiger partial charge in [0.2, 0.25) is 10.0 Å². The Bertz CT molecular complexity index is 1240. The van der Waals surface area contributed by atoms with Gasteiger partial charge >= 0.3 is 0 Å². The zero-order chi connectivity index (χ0) is 23.3. The number of carbonyl (C=O) groups excluding carboxylic acids is 2. The Morgan fingerprint density at radius 2 is 1.85 bits per heavy atom. The van der Waals surface area contributed by atoms with Crippen molar-refractivity contribution in [2.75, 3.05) is 18.0 Å². The molecule has 2 aromatic carbocycles. The fraction of sp³-hybridized carbons (Fsp3) is 0.217. The lowest BCUT2D eigenvalue weighted by atomic mass is 10.0. The number of nitrogens with one attached hydrogen (secondary N) is 3. The number of rotatable bonds is 7. The molecule has 0 saturated heterocycles. The highest BCUT2D eigenvalue weighted by molar-refractivity contribution is 7.89. The van der Waals surface area contributed by atoms with Crippen LogP contribution in [0.3, 0.4) is 0 Å². The van der Waals surface area contributed by atoms with Crippen LogP contribution in [0.1, 0.15) is 28.1 Å². The molecule has 0 atom stereocenters. The van der Waals surface area contributed by atoms with Gasteiger partial charge in [-0.2, -0.15) is 0 Å². The topological polar surface area (TPSA) is 121 Å². The Morgan fingerprint density at radius 1 is 1.00 bits per heavy atom. The fourth-order valence-corrected chi connectivity index (χ4v) is 4.69. The predicted molar refractivity (Wildman–Crippen MR) is 122 cm³/mol. The van der Waals surface area contributed by atoms with Crippen LogP contribution in [0.2, 0.25) is 0 Å². The second-order valence-electron chi connectivity index (χ2n) is 7.59. The largest absolute Gasteiger partial charge is 0.468 e. The first-order valence-electron chi connectivity index (χ1n) is 10.5. The van der Waals surface area contributed by atoms with Crippen LogP contribution in [-0.4, -0.2) is 33.3 Å². The van der Waals surface area contributed by atoms with Crippen molar-refractivity contribution < 1.29 is 22.4 Å². The van der Waals surface area contributed by atoms with Crippen molar-refractivity contribution in [1.82, 2.24) is 15.6 Å².